The van der Waals surface area contributed by atoms with Gasteiger partial charge in [0, 0.05) is 23.3 Å². The molecule has 96 valence electrons. The zero-order valence-electron chi connectivity index (χ0n) is 10.7. The number of nitrogens with one attached hydrogen (secondary N) is 1. The summed E-state index contributed by atoms with van der Waals surface area (Å²) in [5, 5.41) is 4.26. The first-order valence-electron chi connectivity index (χ1n) is 5.81. The molecule has 5 nitrogen and oxygen atoms in total. The number of ether oxygens (including phenoxy) is 1. The van der Waals surface area contributed by atoms with Crippen LogP contribution in [0.1, 0.15) is 29.8 Å². The predicted molar refractivity (Wildman–Crippen MR) is 72.1 cm³/mol. The van der Waals surface area contributed by atoms with Gasteiger partial charge in [-0.1, -0.05) is 6.92 Å². The molecular formula is C12H16N4OS. The van der Waals surface area contributed by atoms with Crippen molar-refractivity contribution in [1.29, 1.82) is 0 Å². The van der Waals surface area contributed by atoms with E-state index in [-0.39, 0.29) is 6.04 Å². The quantitative estimate of drug-likeness (QED) is 0.899. The normalized spacial score (nSPS) is 12.2. The Morgan fingerprint density at radius 2 is 2.28 bits per heavy atom. The molecule has 2 heterocycles. The van der Waals surface area contributed by atoms with Crippen LogP contribution in [0.3, 0.4) is 0 Å². The van der Waals surface area contributed by atoms with E-state index >= 15 is 0 Å². The van der Waals surface area contributed by atoms with Gasteiger partial charge in [-0.05, 0) is 13.3 Å². The number of aromatic nitrogens is 3. The third-order valence-electron chi connectivity index (χ3n) is 2.48. The Labute approximate surface area is 110 Å². The Morgan fingerprint density at radius 3 is 2.94 bits per heavy atom. The van der Waals surface area contributed by atoms with Crippen LogP contribution in [0, 0.1) is 0 Å². The van der Waals surface area contributed by atoms with Gasteiger partial charge in [0.1, 0.15) is 5.01 Å². The molecule has 1 unspecified atom stereocenters. The lowest BCUT2D eigenvalue weighted by Gasteiger charge is -2.11. The highest BCUT2D eigenvalue weighted by Gasteiger charge is 2.11. The Balaban J connectivity index is 2.08. The molecule has 0 bridgehead atoms. The molecule has 0 amide bonds. The van der Waals surface area contributed by atoms with Crippen LogP contribution in [0.15, 0.2) is 18.5 Å². The predicted octanol–water partition coefficient (Wildman–Crippen LogP) is 2.68. The number of aryl methyl sites for hydroxylation is 1. The van der Waals surface area contributed by atoms with Crippen molar-refractivity contribution in [2.24, 2.45) is 0 Å². The summed E-state index contributed by atoms with van der Waals surface area (Å²) in [7, 11) is 1.59. The van der Waals surface area contributed by atoms with Crippen molar-refractivity contribution in [3.8, 4) is 5.88 Å². The van der Waals surface area contributed by atoms with Gasteiger partial charge in [0.05, 0.1) is 13.2 Å². The molecule has 2 rings (SSSR count). The van der Waals surface area contributed by atoms with Gasteiger partial charge in [0.15, 0.2) is 0 Å². The molecule has 0 aliphatic rings. The number of hydrogen-bond donors (Lipinski definition) is 1. The van der Waals surface area contributed by atoms with Crippen LogP contribution in [0.25, 0.3) is 0 Å². The zero-order valence-corrected chi connectivity index (χ0v) is 11.5. The molecule has 0 fully saturated rings. The average Bonchev–Trinajstić information content (AvgIpc) is 2.88. The monoisotopic (exact) mass is 264 g/mol. The average molecular weight is 264 g/mol. The second-order valence-electron chi connectivity index (χ2n) is 3.81. The van der Waals surface area contributed by atoms with E-state index < -0.39 is 0 Å². The molecule has 1 atom stereocenters. The van der Waals surface area contributed by atoms with Crippen molar-refractivity contribution in [3.05, 3.63) is 28.3 Å². The molecule has 0 aliphatic heterocycles. The maximum Gasteiger partial charge on any atom is 0.226 e. The van der Waals surface area contributed by atoms with E-state index in [1.165, 1.54) is 4.88 Å². The fraction of sp³-hybridized carbons (Fsp3) is 0.417. The minimum atomic E-state index is 0.0856. The van der Waals surface area contributed by atoms with Gasteiger partial charge in [-0.15, -0.1) is 11.3 Å². The van der Waals surface area contributed by atoms with Crippen molar-refractivity contribution in [2.75, 3.05) is 12.4 Å². The summed E-state index contributed by atoms with van der Waals surface area (Å²) in [6.45, 7) is 4.17. The second kappa shape index (κ2) is 5.77. The lowest BCUT2D eigenvalue weighted by Crippen LogP contribution is -2.09. The summed E-state index contributed by atoms with van der Waals surface area (Å²) >= 11 is 1.71. The topological polar surface area (TPSA) is 59.9 Å². The molecule has 0 spiro atoms. The van der Waals surface area contributed by atoms with E-state index in [2.05, 4.69) is 27.2 Å². The molecule has 0 aromatic carbocycles. The molecule has 1 N–H and O–H groups in total. The largest absolute Gasteiger partial charge is 0.481 e. The number of nitrogens with zero attached hydrogens (tertiary/aromatic N) is 3. The van der Waals surface area contributed by atoms with E-state index in [1.54, 1.807) is 30.7 Å². The van der Waals surface area contributed by atoms with Crippen LogP contribution in [0.4, 0.5) is 5.95 Å². The maximum absolute atomic E-state index is 5.06. The SMILES string of the molecule is CCc1cnc(C(C)Nc2nccc(OC)n2)s1. The van der Waals surface area contributed by atoms with Gasteiger partial charge in [-0.2, -0.15) is 4.98 Å². The number of anilines is 1. The van der Waals surface area contributed by atoms with Gasteiger partial charge in [-0.3, -0.25) is 0 Å². The molecule has 18 heavy (non-hydrogen) atoms. The summed E-state index contributed by atoms with van der Waals surface area (Å²) in [5.74, 6) is 1.10. The molecule has 2 aromatic heterocycles. The first-order valence-corrected chi connectivity index (χ1v) is 6.62. The first kappa shape index (κ1) is 12.8. The summed E-state index contributed by atoms with van der Waals surface area (Å²) in [6, 6.07) is 1.80. The Hall–Kier alpha value is -1.69. The van der Waals surface area contributed by atoms with Crippen molar-refractivity contribution < 1.29 is 4.74 Å². The third-order valence-corrected chi connectivity index (χ3v) is 3.80. The number of methoxy groups -OCH3 is 1. The van der Waals surface area contributed by atoms with Gasteiger partial charge in [0.2, 0.25) is 11.8 Å². The lowest BCUT2D eigenvalue weighted by atomic mass is 10.3. The number of hydrogen-bond acceptors (Lipinski definition) is 6. The summed E-state index contributed by atoms with van der Waals surface area (Å²) in [5.41, 5.74) is 0. The number of thiazole rings is 1. The minimum absolute atomic E-state index is 0.0856. The summed E-state index contributed by atoms with van der Waals surface area (Å²) in [4.78, 5) is 14.0. The van der Waals surface area contributed by atoms with E-state index in [9.17, 15) is 0 Å². The van der Waals surface area contributed by atoms with Crippen molar-refractivity contribution in [3.63, 3.8) is 0 Å². The third kappa shape index (κ3) is 2.95. The molecule has 0 saturated carbocycles. The van der Waals surface area contributed by atoms with Gasteiger partial charge in [-0.25, -0.2) is 9.97 Å². The standard InChI is InChI=1S/C12H16N4OS/c1-4-9-7-14-11(18-9)8(2)15-12-13-6-5-10(16-12)17-3/h5-8H,4H2,1-3H3,(H,13,15,16). The van der Waals surface area contributed by atoms with Crippen LogP contribution < -0.4 is 10.1 Å². The zero-order chi connectivity index (χ0) is 13.0. The van der Waals surface area contributed by atoms with E-state index in [1.807, 2.05) is 13.1 Å². The van der Waals surface area contributed by atoms with Crippen LogP contribution in [-0.2, 0) is 6.42 Å². The maximum atomic E-state index is 5.06. The van der Waals surface area contributed by atoms with Crippen molar-refractivity contribution >= 4 is 17.3 Å². The Bertz CT molecular complexity index is 514. The molecule has 6 heteroatoms. The highest BCUT2D eigenvalue weighted by molar-refractivity contribution is 7.11. The molecule has 0 saturated heterocycles. The van der Waals surface area contributed by atoms with E-state index in [0.717, 1.165) is 11.4 Å². The highest BCUT2D eigenvalue weighted by Crippen LogP contribution is 2.23. The summed E-state index contributed by atoms with van der Waals surface area (Å²) in [6.07, 6.45) is 4.60. The fourth-order valence-electron chi connectivity index (χ4n) is 1.47. The van der Waals surface area contributed by atoms with Gasteiger partial charge >= 0.3 is 0 Å². The van der Waals surface area contributed by atoms with Crippen molar-refractivity contribution in [2.45, 2.75) is 26.3 Å². The number of rotatable bonds is 5. The Kier molecular flexibility index (Phi) is 4.09. The highest BCUT2D eigenvalue weighted by atomic mass is 32.1. The molecular weight excluding hydrogens is 248 g/mol. The smallest absolute Gasteiger partial charge is 0.226 e. The fourth-order valence-corrected chi connectivity index (χ4v) is 2.33. The van der Waals surface area contributed by atoms with Crippen LogP contribution >= 0.6 is 11.3 Å². The summed E-state index contributed by atoms with van der Waals surface area (Å²) < 4.78 is 5.06. The first-order chi connectivity index (χ1) is 8.72. The Morgan fingerprint density at radius 1 is 1.44 bits per heavy atom. The minimum Gasteiger partial charge on any atom is -0.481 e. The second-order valence-corrected chi connectivity index (χ2v) is 4.95. The van der Waals surface area contributed by atoms with Crippen LogP contribution in [0.2, 0.25) is 0 Å². The van der Waals surface area contributed by atoms with Gasteiger partial charge < -0.3 is 10.1 Å². The van der Waals surface area contributed by atoms with Crippen LogP contribution in [0.5, 0.6) is 5.88 Å². The van der Waals surface area contributed by atoms with E-state index in [0.29, 0.717) is 11.8 Å². The lowest BCUT2D eigenvalue weighted by molar-refractivity contribution is 0.397. The van der Waals surface area contributed by atoms with Crippen molar-refractivity contribution in [1.82, 2.24) is 15.0 Å². The van der Waals surface area contributed by atoms with Crippen LogP contribution in [-0.4, -0.2) is 22.1 Å². The molecule has 2 aromatic rings. The van der Waals surface area contributed by atoms with Gasteiger partial charge in [0.25, 0.3) is 0 Å². The molecule has 0 aliphatic carbocycles. The van der Waals surface area contributed by atoms with E-state index in [4.69, 9.17) is 4.74 Å². The molecule has 0 radical (unpaired) electrons.